The van der Waals surface area contributed by atoms with E-state index in [1.54, 1.807) is 0 Å². The maximum atomic E-state index is 3.52. The van der Waals surface area contributed by atoms with Gasteiger partial charge in [-0.15, -0.1) is 11.1 Å². The first-order chi connectivity index (χ1) is 9.78. The van der Waals surface area contributed by atoms with Crippen LogP contribution in [0.4, 0.5) is 0 Å². The molecule has 0 nitrogen and oxygen atoms in total. The smallest absolute Gasteiger partial charge is 0.127 e. The fourth-order valence-electron chi connectivity index (χ4n) is 1.89. The Kier molecular flexibility index (Phi) is 5.73. The Morgan fingerprint density at radius 1 is 0.682 bits per heavy atom. The van der Waals surface area contributed by atoms with E-state index >= 15 is 0 Å². The third-order valence-corrected chi connectivity index (χ3v) is 6.78. The summed E-state index contributed by atoms with van der Waals surface area (Å²) in [4.78, 5) is 0. The molecular weight excluding hydrogens is 312 g/mol. The van der Waals surface area contributed by atoms with Crippen molar-refractivity contribution in [2.24, 2.45) is 0 Å². The van der Waals surface area contributed by atoms with Gasteiger partial charge in [-0.25, -0.2) is 0 Å². The van der Waals surface area contributed by atoms with Crippen molar-refractivity contribution in [1.29, 1.82) is 0 Å². The summed E-state index contributed by atoms with van der Waals surface area (Å²) in [5.74, 6) is 6.86. The molecule has 1 aromatic carbocycles. The van der Waals surface area contributed by atoms with Crippen LogP contribution < -0.4 is 5.19 Å². The quantitative estimate of drug-likeness (QED) is 0.513. The fraction of sp³-hybridized carbons (Fsp3) is 0.474. The van der Waals surface area contributed by atoms with Crippen LogP contribution in [0.5, 0.6) is 0 Å². The van der Waals surface area contributed by atoms with E-state index in [0.29, 0.717) is 0 Å². The van der Waals surface area contributed by atoms with Crippen molar-refractivity contribution in [3.8, 4) is 22.9 Å². The van der Waals surface area contributed by atoms with E-state index < -0.39 is 24.2 Å². The van der Waals surface area contributed by atoms with Gasteiger partial charge in [0.1, 0.15) is 16.1 Å². The summed E-state index contributed by atoms with van der Waals surface area (Å²) in [5.41, 5.74) is 9.31. The molecule has 0 radical (unpaired) electrons. The Hall–Kier alpha value is -1.01. The molecule has 0 bridgehead atoms. The van der Waals surface area contributed by atoms with Crippen molar-refractivity contribution in [2.45, 2.75) is 58.9 Å². The second-order valence-electron chi connectivity index (χ2n) is 9.01. The lowest BCUT2D eigenvalue weighted by molar-refractivity contribution is 1.60. The minimum absolute atomic E-state index is 1.12. The van der Waals surface area contributed by atoms with Crippen LogP contribution in [0.25, 0.3) is 0 Å². The maximum Gasteiger partial charge on any atom is 0.129 e. The Bertz CT molecular complexity index is 658. The molecule has 0 unspecified atom stereocenters. The SMILES string of the molecule is C[Si](C)(C)C#Cc1ccc([Si](C)(C)C)c(C#C[Si](C)(C)C)c1. The molecule has 1 rings (SSSR count). The minimum Gasteiger partial charge on any atom is -0.127 e. The van der Waals surface area contributed by atoms with E-state index in [0.717, 1.165) is 5.56 Å². The molecule has 1 aromatic rings. The van der Waals surface area contributed by atoms with Crippen molar-refractivity contribution in [2.75, 3.05) is 0 Å². The highest BCUT2D eigenvalue weighted by molar-refractivity contribution is 6.89. The molecule has 0 aliphatic heterocycles. The molecule has 0 aromatic heterocycles. The molecule has 0 fully saturated rings. The van der Waals surface area contributed by atoms with Crippen LogP contribution in [0.2, 0.25) is 58.9 Å². The van der Waals surface area contributed by atoms with Gasteiger partial charge in [0.15, 0.2) is 0 Å². The van der Waals surface area contributed by atoms with Gasteiger partial charge in [0.05, 0.1) is 8.07 Å². The van der Waals surface area contributed by atoms with Gasteiger partial charge in [0.25, 0.3) is 0 Å². The summed E-state index contributed by atoms with van der Waals surface area (Å²) in [6.45, 7) is 20.9. The predicted molar refractivity (Wildman–Crippen MR) is 110 cm³/mol. The zero-order valence-corrected chi connectivity index (χ0v) is 18.7. The topological polar surface area (TPSA) is 0 Å². The minimum atomic E-state index is -1.38. The molecule has 0 saturated heterocycles. The molecule has 0 atom stereocenters. The van der Waals surface area contributed by atoms with E-state index in [1.807, 2.05) is 0 Å². The van der Waals surface area contributed by atoms with E-state index in [2.05, 4.69) is 100 Å². The van der Waals surface area contributed by atoms with Gasteiger partial charge in [-0.05, 0) is 17.3 Å². The summed E-state index contributed by atoms with van der Waals surface area (Å²) in [6.07, 6.45) is 0. The molecule has 0 aliphatic carbocycles. The molecule has 0 aliphatic rings. The van der Waals surface area contributed by atoms with Crippen molar-refractivity contribution in [3.05, 3.63) is 29.3 Å². The average molecular weight is 343 g/mol. The highest BCUT2D eigenvalue weighted by atomic mass is 28.3. The van der Waals surface area contributed by atoms with Crippen molar-refractivity contribution >= 4 is 29.4 Å². The maximum absolute atomic E-state index is 3.52. The van der Waals surface area contributed by atoms with Gasteiger partial charge in [-0.3, -0.25) is 0 Å². The predicted octanol–water partition coefficient (Wildman–Crippen LogP) is 4.69. The second kappa shape index (κ2) is 6.62. The summed E-state index contributed by atoms with van der Waals surface area (Å²) in [6, 6.07) is 6.67. The first kappa shape index (κ1) is 19.0. The number of rotatable bonds is 1. The Morgan fingerprint density at radius 2 is 1.18 bits per heavy atom. The van der Waals surface area contributed by atoms with Crippen LogP contribution >= 0.6 is 0 Å². The zero-order valence-electron chi connectivity index (χ0n) is 15.7. The second-order valence-corrected chi connectivity index (χ2v) is 23.5. The Morgan fingerprint density at radius 3 is 1.64 bits per heavy atom. The van der Waals surface area contributed by atoms with Crippen LogP contribution in [0.15, 0.2) is 18.2 Å². The number of hydrogen-bond donors (Lipinski definition) is 0. The van der Waals surface area contributed by atoms with Gasteiger partial charge >= 0.3 is 0 Å². The number of hydrogen-bond acceptors (Lipinski definition) is 0. The Labute approximate surface area is 140 Å². The number of benzene rings is 1. The normalized spacial score (nSPS) is 12.0. The van der Waals surface area contributed by atoms with Gasteiger partial charge in [-0.2, -0.15) is 0 Å². The van der Waals surface area contributed by atoms with E-state index in [-0.39, 0.29) is 0 Å². The average Bonchev–Trinajstić information content (AvgIpc) is 2.31. The zero-order chi connectivity index (χ0) is 17.2. The first-order valence-corrected chi connectivity index (χ1v) is 18.5. The molecular formula is C19H30Si3. The van der Waals surface area contributed by atoms with Crippen molar-refractivity contribution in [3.63, 3.8) is 0 Å². The van der Waals surface area contributed by atoms with Crippen LogP contribution in [0.3, 0.4) is 0 Å². The largest absolute Gasteiger partial charge is 0.129 e. The van der Waals surface area contributed by atoms with Crippen LogP contribution in [0, 0.1) is 22.9 Å². The monoisotopic (exact) mass is 342 g/mol. The molecule has 22 heavy (non-hydrogen) atoms. The molecule has 0 heterocycles. The van der Waals surface area contributed by atoms with Crippen LogP contribution in [0.1, 0.15) is 11.1 Å². The van der Waals surface area contributed by atoms with Crippen molar-refractivity contribution in [1.82, 2.24) is 0 Å². The lowest BCUT2D eigenvalue weighted by Crippen LogP contribution is -2.39. The Balaban J connectivity index is 3.40. The highest BCUT2D eigenvalue weighted by Gasteiger charge is 2.20. The van der Waals surface area contributed by atoms with E-state index in [4.69, 9.17) is 0 Å². The summed E-state index contributed by atoms with van der Waals surface area (Å²) < 4.78 is 0. The summed E-state index contributed by atoms with van der Waals surface area (Å²) in [5, 5.41) is 1.46. The van der Waals surface area contributed by atoms with Gasteiger partial charge in [0, 0.05) is 11.1 Å². The van der Waals surface area contributed by atoms with Gasteiger partial charge < -0.3 is 0 Å². The molecule has 118 valence electrons. The van der Waals surface area contributed by atoms with Gasteiger partial charge in [0.2, 0.25) is 0 Å². The fourth-order valence-corrected chi connectivity index (χ4v) is 4.45. The summed E-state index contributed by atoms with van der Waals surface area (Å²) in [7, 11) is -4.08. The van der Waals surface area contributed by atoms with E-state index in [1.165, 1.54) is 10.8 Å². The van der Waals surface area contributed by atoms with Crippen LogP contribution in [-0.4, -0.2) is 24.2 Å². The lowest BCUT2D eigenvalue weighted by atomic mass is 10.1. The van der Waals surface area contributed by atoms with E-state index in [9.17, 15) is 0 Å². The molecule has 0 N–H and O–H groups in total. The third-order valence-electron chi connectivity index (χ3n) is 2.98. The van der Waals surface area contributed by atoms with Crippen LogP contribution in [-0.2, 0) is 0 Å². The molecule has 3 heteroatoms. The third kappa shape index (κ3) is 6.83. The summed E-state index contributed by atoms with van der Waals surface area (Å²) >= 11 is 0. The first-order valence-electron chi connectivity index (χ1n) is 7.99. The highest BCUT2D eigenvalue weighted by Crippen LogP contribution is 2.10. The van der Waals surface area contributed by atoms with Crippen molar-refractivity contribution < 1.29 is 0 Å². The lowest BCUT2D eigenvalue weighted by Gasteiger charge is -2.19. The molecule has 0 saturated carbocycles. The van der Waals surface area contributed by atoms with Gasteiger partial charge in [-0.1, -0.05) is 76.8 Å². The standard InChI is InChI=1S/C19H30Si3/c1-20(2,3)14-12-17-10-11-19(22(7,8)9)18(16-17)13-15-21(4,5)6/h10-11,16H,1-9H3. The molecule has 0 spiro atoms. The molecule has 0 amide bonds.